The highest BCUT2D eigenvalue weighted by molar-refractivity contribution is 5.95. The summed E-state index contributed by atoms with van der Waals surface area (Å²) in [4.78, 5) is 31.4. The molecule has 0 bridgehead atoms. The maximum atomic E-state index is 12.4. The van der Waals surface area contributed by atoms with E-state index in [2.05, 4.69) is 15.1 Å². The van der Waals surface area contributed by atoms with Crippen LogP contribution in [0.4, 0.5) is 10.5 Å². The van der Waals surface area contributed by atoms with Crippen molar-refractivity contribution >= 4 is 17.7 Å². The summed E-state index contributed by atoms with van der Waals surface area (Å²) in [5.74, 6) is 0.499. The third kappa shape index (κ3) is 8.39. The zero-order valence-corrected chi connectivity index (χ0v) is 22.2. The molecule has 2 saturated heterocycles. The number of nitrogens with zero attached hydrogens (tertiary/aromatic N) is 3. The minimum atomic E-state index is -0.638. The number of likely N-dealkylation sites (tertiary alicyclic amines) is 1. The summed E-state index contributed by atoms with van der Waals surface area (Å²) in [7, 11) is 0. The lowest BCUT2D eigenvalue weighted by molar-refractivity contribution is 0.0177. The Hall–Kier alpha value is -2.32. The molecule has 2 N–H and O–H groups in total. The Kier molecular flexibility index (Phi) is 9.05. The summed E-state index contributed by atoms with van der Waals surface area (Å²) in [6.07, 6.45) is 3.09. The fourth-order valence-electron chi connectivity index (χ4n) is 4.57. The predicted molar refractivity (Wildman–Crippen MR) is 139 cm³/mol. The van der Waals surface area contributed by atoms with Crippen molar-refractivity contribution in [1.82, 2.24) is 15.1 Å². The van der Waals surface area contributed by atoms with Crippen LogP contribution in [-0.4, -0.2) is 90.5 Å². The number of piperidine rings is 1. The van der Waals surface area contributed by atoms with Crippen molar-refractivity contribution in [3.05, 3.63) is 29.8 Å². The Balaban J connectivity index is 1.37. The maximum absolute atomic E-state index is 12.4. The van der Waals surface area contributed by atoms with Crippen molar-refractivity contribution in [3.63, 3.8) is 0 Å². The molecule has 8 nitrogen and oxygen atoms in total. The number of nitrogens with one attached hydrogen (secondary N) is 1. The topological polar surface area (TPSA) is 85.4 Å². The Morgan fingerprint density at radius 2 is 1.57 bits per heavy atom. The fourth-order valence-corrected chi connectivity index (χ4v) is 4.57. The number of benzene rings is 1. The van der Waals surface area contributed by atoms with E-state index in [0.29, 0.717) is 11.5 Å². The van der Waals surface area contributed by atoms with Crippen LogP contribution in [0.5, 0.6) is 0 Å². The Labute approximate surface area is 210 Å². The lowest BCUT2D eigenvalue weighted by Gasteiger charge is -2.38. The van der Waals surface area contributed by atoms with Crippen molar-refractivity contribution in [2.75, 3.05) is 57.3 Å². The highest BCUT2D eigenvalue weighted by Crippen LogP contribution is 2.23. The molecule has 1 aromatic rings. The second-order valence-electron chi connectivity index (χ2n) is 11.6. The van der Waals surface area contributed by atoms with Crippen molar-refractivity contribution in [3.8, 4) is 0 Å². The van der Waals surface area contributed by atoms with Crippen LogP contribution >= 0.6 is 0 Å². The molecule has 0 aromatic heterocycles. The standard InChI is InChI=1S/C27H44N4O4/c1-26(2,3)35-25(34)31-14-11-21(12-15-31)10-13-29-16-18-30(19-17-29)23-8-6-22(7-9-23)24(33)28-27(4,5)20-32/h6-9,21,32H,10-20H2,1-5H3,(H,28,33). The number of carbonyl (C=O) groups excluding carboxylic acids is 2. The number of aliphatic hydroxyl groups is 1. The molecule has 2 aliphatic rings. The largest absolute Gasteiger partial charge is 0.444 e. The average Bonchev–Trinajstić information content (AvgIpc) is 2.82. The van der Waals surface area contributed by atoms with Gasteiger partial charge in [0.1, 0.15) is 5.60 Å². The fraction of sp³-hybridized carbons (Fsp3) is 0.704. The van der Waals surface area contributed by atoms with Crippen LogP contribution in [0.25, 0.3) is 0 Å². The first-order chi connectivity index (χ1) is 16.5. The minimum Gasteiger partial charge on any atom is -0.444 e. The van der Waals surface area contributed by atoms with E-state index in [9.17, 15) is 14.7 Å². The first kappa shape index (κ1) is 27.3. The normalized spacial score (nSPS) is 18.5. The van der Waals surface area contributed by atoms with Crippen LogP contribution in [0, 0.1) is 5.92 Å². The molecule has 196 valence electrons. The SMILES string of the molecule is CC(C)(CO)NC(=O)c1ccc(N2CCN(CCC3CCN(C(=O)OC(C)(C)C)CC3)CC2)cc1. The zero-order valence-electron chi connectivity index (χ0n) is 22.2. The van der Waals surface area contributed by atoms with Crippen LogP contribution < -0.4 is 10.2 Å². The number of hydrogen-bond acceptors (Lipinski definition) is 6. The number of rotatable bonds is 7. The van der Waals surface area contributed by atoms with Gasteiger partial charge in [-0.3, -0.25) is 9.69 Å². The summed E-state index contributed by atoms with van der Waals surface area (Å²) in [6.45, 7) is 15.9. The molecule has 8 heteroatoms. The summed E-state index contributed by atoms with van der Waals surface area (Å²) < 4.78 is 5.50. The van der Waals surface area contributed by atoms with Gasteiger partial charge in [0.05, 0.1) is 12.1 Å². The van der Waals surface area contributed by atoms with Crippen LogP contribution in [0.3, 0.4) is 0 Å². The number of aliphatic hydroxyl groups excluding tert-OH is 1. The van der Waals surface area contributed by atoms with E-state index in [1.807, 2.05) is 49.9 Å². The molecule has 2 heterocycles. The van der Waals surface area contributed by atoms with Gasteiger partial charge in [-0.15, -0.1) is 0 Å². The third-order valence-electron chi connectivity index (χ3n) is 6.83. The number of amides is 2. The summed E-state index contributed by atoms with van der Waals surface area (Å²) >= 11 is 0. The van der Waals surface area contributed by atoms with Gasteiger partial charge in [0.25, 0.3) is 5.91 Å². The molecule has 0 aliphatic carbocycles. The second kappa shape index (κ2) is 11.6. The van der Waals surface area contributed by atoms with Gasteiger partial charge in [0.15, 0.2) is 0 Å². The zero-order chi connectivity index (χ0) is 25.6. The highest BCUT2D eigenvalue weighted by atomic mass is 16.6. The smallest absolute Gasteiger partial charge is 0.410 e. The summed E-state index contributed by atoms with van der Waals surface area (Å²) in [6, 6.07) is 7.73. The van der Waals surface area contributed by atoms with Gasteiger partial charge in [-0.05, 0) is 90.6 Å². The first-order valence-electron chi connectivity index (χ1n) is 12.9. The first-order valence-corrected chi connectivity index (χ1v) is 12.9. The van der Waals surface area contributed by atoms with Crippen LogP contribution in [-0.2, 0) is 4.74 Å². The van der Waals surface area contributed by atoms with Gasteiger partial charge in [-0.1, -0.05) is 0 Å². The van der Waals surface area contributed by atoms with E-state index < -0.39 is 11.1 Å². The molecule has 0 spiro atoms. The lowest BCUT2D eigenvalue weighted by atomic mass is 9.93. The van der Waals surface area contributed by atoms with E-state index in [1.165, 1.54) is 6.42 Å². The molecular formula is C27H44N4O4. The molecule has 0 radical (unpaired) electrons. The van der Waals surface area contributed by atoms with Crippen LogP contribution in [0.1, 0.15) is 64.2 Å². The van der Waals surface area contributed by atoms with Crippen molar-refractivity contribution in [2.24, 2.45) is 5.92 Å². The molecule has 2 amide bonds. The Morgan fingerprint density at radius 1 is 0.971 bits per heavy atom. The van der Waals surface area contributed by atoms with Gasteiger partial charge in [-0.25, -0.2) is 4.79 Å². The van der Waals surface area contributed by atoms with E-state index in [-0.39, 0.29) is 18.6 Å². The molecule has 0 unspecified atom stereocenters. The summed E-state index contributed by atoms with van der Waals surface area (Å²) in [5.41, 5.74) is 0.662. The number of piperazine rings is 1. The van der Waals surface area contributed by atoms with E-state index in [0.717, 1.165) is 64.3 Å². The predicted octanol–water partition coefficient (Wildman–Crippen LogP) is 3.35. The highest BCUT2D eigenvalue weighted by Gasteiger charge is 2.27. The molecule has 2 aliphatic heterocycles. The average molecular weight is 489 g/mol. The van der Waals surface area contributed by atoms with Gasteiger partial charge in [-0.2, -0.15) is 0 Å². The molecule has 35 heavy (non-hydrogen) atoms. The van der Waals surface area contributed by atoms with Gasteiger partial charge in [0, 0.05) is 50.5 Å². The third-order valence-corrected chi connectivity index (χ3v) is 6.83. The number of carbonyl (C=O) groups is 2. The van der Waals surface area contributed by atoms with Crippen LogP contribution in [0.15, 0.2) is 24.3 Å². The van der Waals surface area contributed by atoms with E-state index >= 15 is 0 Å². The van der Waals surface area contributed by atoms with Crippen molar-refractivity contribution in [2.45, 2.75) is 65.0 Å². The molecule has 2 fully saturated rings. The Bertz CT molecular complexity index is 834. The number of anilines is 1. The molecule has 0 saturated carbocycles. The Morgan fingerprint density at radius 3 is 2.11 bits per heavy atom. The van der Waals surface area contributed by atoms with E-state index in [1.54, 1.807) is 13.8 Å². The molecule has 3 rings (SSSR count). The quantitative estimate of drug-likeness (QED) is 0.612. The monoisotopic (exact) mass is 488 g/mol. The van der Waals surface area contributed by atoms with Crippen LogP contribution in [0.2, 0.25) is 0 Å². The van der Waals surface area contributed by atoms with Crippen molar-refractivity contribution in [1.29, 1.82) is 0 Å². The van der Waals surface area contributed by atoms with Gasteiger partial charge < -0.3 is 25.0 Å². The lowest BCUT2D eigenvalue weighted by Crippen LogP contribution is -2.47. The van der Waals surface area contributed by atoms with Gasteiger partial charge in [0.2, 0.25) is 0 Å². The van der Waals surface area contributed by atoms with E-state index in [4.69, 9.17) is 4.74 Å². The second-order valence-corrected chi connectivity index (χ2v) is 11.6. The molecule has 0 atom stereocenters. The molecule has 1 aromatic carbocycles. The van der Waals surface area contributed by atoms with Crippen molar-refractivity contribution < 1.29 is 19.4 Å². The minimum absolute atomic E-state index is 0.105. The number of ether oxygens (including phenoxy) is 1. The molecular weight excluding hydrogens is 444 g/mol. The van der Waals surface area contributed by atoms with Gasteiger partial charge >= 0.3 is 6.09 Å². The number of hydrogen-bond donors (Lipinski definition) is 2. The maximum Gasteiger partial charge on any atom is 0.410 e. The summed E-state index contributed by atoms with van der Waals surface area (Å²) in [5, 5.41) is 12.2.